The molecule has 1 amide bonds. The molecule has 3 N–H and O–H groups in total. The molecule has 2 heterocycles. The number of likely N-dealkylation sites (tertiary alicyclic amines) is 1. The van der Waals surface area contributed by atoms with Crippen molar-refractivity contribution in [2.45, 2.75) is 32.4 Å². The smallest absolute Gasteiger partial charge is 0.220 e. The Morgan fingerprint density at radius 1 is 1.56 bits per heavy atom. The summed E-state index contributed by atoms with van der Waals surface area (Å²) in [5.74, 6) is 0.373. The van der Waals surface area contributed by atoms with E-state index in [0.717, 1.165) is 38.2 Å². The van der Waals surface area contributed by atoms with Crippen LogP contribution in [0.15, 0.2) is 12.3 Å². The minimum absolute atomic E-state index is 0.0528. The fourth-order valence-corrected chi connectivity index (χ4v) is 2.25. The van der Waals surface area contributed by atoms with Crippen molar-refractivity contribution in [2.24, 2.45) is 0 Å². The van der Waals surface area contributed by atoms with Gasteiger partial charge in [0.2, 0.25) is 11.9 Å². The van der Waals surface area contributed by atoms with Crippen molar-refractivity contribution in [1.29, 1.82) is 0 Å². The highest BCUT2D eigenvalue weighted by Gasteiger charge is 2.19. The summed E-state index contributed by atoms with van der Waals surface area (Å²) < 4.78 is 0. The average molecular weight is 249 g/mol. The fraction of sp³-hybridized carbons (Fsp3) is 0.583. The van der Waals surface area contributed by atoms with Gasteiger partial charge in [0, 0.05) is 38.8 Å². The van der Waals surface area contributed by atoms with Crippen molar-refractivity contribution in [2.75, 3.05) is 18.8 Å². The number of nitrogen functional groups attached to an aromatic ring is 1. The first-order chi connectivity index (χ1) is 8.63. The Balaban J connectivity index is 1.81. The van der Waals surface area contributed by atoms with Crippen molar-refractivity contribution < 1.29 is 4.79 Å². The van der Waals surface area contributed by atoms with Gasteiger partial charge in [-0.05, 0) is 18.9 Å². The lowest BCUT2D eigenvalue weighted by Crippen LogP contribution is -2.43. The highest BCUT2D eigenvalue weighted by molar-refractivity contribution is 5.73. The van der Waals surface area contributed by atoms with Crippen LogP contribution in [0.3, 0.4) is 0 Å². The minimum atomic E-state index is 0.0528. The number of amides is 1. The zero-order chi connectivity index (χ0) is 13.0. The second-order valence-electron chi connectivity index (χ2n) is 4.66. The summed E-state index contributed by atoms with van der Waals surface area (Å²) in [7, 11) is 0. The summed E-state index contributed by atoms with van der Waals surface area (Å²) in [4.78, 5) is 21.4. The zero-order valence-electron chi connectivity index (χ0n) is 10.6. The van der Waals surface area contributed by atoms with Gasteiger partial charge in [0.05, 0.1) is 5.69 Å². The molecule has 0 saturated carbocycles. The first-order valence-electron chi connectivity index (χ1n) is 6.20. The van der Waals surface area contributed by atoms with Crippen LogP contribution in [0.1, 0.15) is 25.5 Å². The minimum Gasteiger partial charge on any atom is -0.368 e. The maximum absolute atomic E-state index is 11.0. The highest BCUT2D eigenvalue weighted by Crippen LogP contribution is 2.13. The normalized spacial score (nSPS) is 17.6. The van der Waals surface area contributed by atoms with Crippen LogP contribution in [0.5, 0.6) is 0 Å². The number of nitrogens with two attached hydrogens (primary N) is 1. The first-order valence-corrected chi connectivity index (χ1v) is 6.20. The molecule has 6 nitrogen and oxygen atoms in total. The standard InChI is InChI=1S/C12H19N5O/c1-9(18)15-10-3-6-17(7-4-10)8-11-2-5-14-12(13)16-11/h2,5,10H,3-4,6-8H2,1H3,(H,15,18)(H2,13,14,16). The van der Waals surface area contributed by atoms with Gasteiger partial charge in [-0.15, -0.1) is 0 Å². The molecule has 1 saturated heterocycles. The van der Waals surface area contributed by atoms with Crippen molar-refractivity contribution in [3.05, 3.63) is 18.0 Å². The molecule has 0 spiro atoms. The SMILES string of the molecule is CC(=O)NC1CCN(Cc2ccnc(N)n2)CC1. The molecule has 2 rings (SSSR count). The molecule has 0 radical (unpaired) electrons. The summed E-state index contributed by atoms with van der Waals surface area (Å²) in [6, 6.07) is 2.20. The van der Waals surface area contributed by atoms with Crippen LogP contribution >= 0.6 is 0 Å². The number of carbonyl (C=O) groups excluding carboxylic acids is 1. The molecule has 0 unspecified atom stereocenters. The predicted octanol–water partition coefficient (Wildman–Crippen LogP) is 0.159. The summed E-state index contributed by atoms with van der Waals surface area (Å²) in [6.45, 7) is 4.29. The first kappa shape index (κ1) is 12.8. The number of rotatable bonds is 3. The van der Waals surface area contributed by atoms with Gasteiger partial charge >= 0.3 is 0 Å². The third kappa shape index (κ3) is 3.66. The molecule has 1 aromatic rings. The predicted molar refractivity (Wildman–Crippen MR) is 68.6 cm³/mol. The molecule has 0 bridgehead atoms. The van der Waals surface area contributed by atoms with Crippen molar-refractivity contribution in [3.8, 4) is 0 Å². The topological polar surface area (TPSA) is 84.1 Å². The van der Waals surface area contributed by atoms with Crippen LogP contribution in [0.4, 0.5) is 5.95 Å². The van der Waals surface area contributed by atoms with Gasteiger partial charge < -0.3 is 11.1 Å². The van der Waals surface area contributed by atoms with Crippen molar-refractivity contribution in [3.63, 3.8) is 0 Å². The van der Waals surface area contributed by atoms with E-state index in [1.54, 1.807) is 13.1 Å². The Morgan fingerprint density at radius 2 is 2.28 bits per heavy atom. The molecule has 98 valence electrons. The van der Waals surface area contributed by atoms with Gasteiger partial charge in [-0.1, -0.05) is 0 Å². The number of nitrogens with zero attached hydrogens (tertiary/aromatic N) is 3. The van der Waals surface area contributed by atoms with Gasteiger partial charge in [0.1, 0.15) is 0 Å². The van der Waals surface area contributed by atoms with Crippen LogP contribution < -0.4 is 11.1 Å². The van der Waals surface area contributed by atoms with E-state index in [9.17, 15) is 4.79 Å². The highest BCUT2D eigenvalue weighted by atomic mass is 16.1. The molecule has 6 heteroatoms. The van der Waals surface area contributed by atoms with Gasteiger partial charge in [0.15, 0.2) is 0 Å². The number of piperidine rings is 1. The third-order valence-electron chi connectivity index (χ3n) is 3.11. The lowest BCUT2D eigenvalue weighted by Gasteiger charge is -2.31. The average Bonchev–Trinajstić information content (AvgIpc) is 2.31. The third-order valence-corrected chi connectivity index (χ3v) is 3.11. The van der Waals surface area contributed by atoms with Gasteiger partial charge in [-0.25, -0.2) is 9.97 Å². The van der Waals surface area contributed by atoms with E-state index in [-0.39, 0.29) is 5.91 Å². The van der Waals surface area contributed by atoms with Gasteiger partial charge in [0.25, 0.3) is 0 Å². The molecule has 1 fully saturated rings. The summed E-state index contributed by atoms with van der Waals surface area (Å²) in [5, 5.41) is 2.96. The molecule has 18 heavy (non-hydrogen) atoms. The van der Waals surface area contributed by atoms with E-state index in [0.29, 0.717) is 12.0 Å². The second-order valence-corrected chi connectivity index (χ2v) is 4.66. The maximum atomic E-state index is 11.0. The summed E-state index contributed by atoms with van der Waals surface area (Å²) >= 11 is 0. The number of hydrogen-bond acceptors (Lipinski definition) is 5. The fourth-order valence-electron chi connectivity index (χ4n) is 2.25. The van der Waals surface area contributed by atoms with E-state index in [1.165, 1.54) is 0 Å². The molecule has 0 aliphatic carbocycles. The Hall–Kier alpha value is -1.69. The van der Waals surface area contributed by atoms with Crippen LogP contribution in [0.25, 0.3) is 0 Å². The second kappa shape index (κ2) is 5.77. The van der Waals surface area contributed by atoms with Crippen LogP contribution in [-0.4, -0.2) is 39.9 Å². The molecule has 1 aromatic heterocycles. The molecular formula is C12H19N5O. The summed E-state index contributed by atoms with van der Waals surface area (Å²) in [6.07, 6.45) is 3.65. The molecular weight excluding hydrogens is 230 g/mol. The van der Waals surface area contributed by atoms with E-state index in [4.69, 9.17) is 5.73 Å². The lowest BCUT2D eigenvalue weighted by molar-refractivity contribution is -0.119. The molecule has 1 aliphatic heterocycles. The number of nitrogens with one attached hydrogen (secondary N) is 1. The number of hydrogen-bond donors (Lipinski definition) is 2. The lowest BCUT2D eigenvalue weighted by atomic mass is 10.0. The van der Waals surface area contributed by atoms with E-state index in [2.05, 4.69) is 20.2 Å². The van der Waals surface area contributed by atoms with Crippen molar-refractivity contribution in [1.82, 2.24) is 20.2 Å². The Bertz CT molecular complexity index is 415. The number of anilines is 1. The van der Waals surface area contributed by atoms with E-state index in [1.807, 2.05) is 6.07 Å². The van der Waals surface area contributed by atoms with Gasteiger partial charge in [-0.2, -0.15) is 0 Å². The van der Waals surface area contributed by atoms with E-state index >= 15 is 0 Å². The maximum Gasteiger partial charge on any atom is 0.220 e. The van der Waals surface area contributed by atoms with Gasteiger partial charge in [-0.3, -0.25) is 9.69 Å². The quantitative estimate of drug-likeness (QED) is 0.797. The number of aromatic nitrogens is 2. The monoisotopic (exact) mass is 249 g/mol. The summed E-state index contributed by atoms with van der Waals surface area (Å²) in [5.41, 5.74) is 6.50. The Labute approximate surface area is 107 Å². The molecule has 0 aromatic carbocycles. The zero-order valence-corrected chi connectivity index (χ0v) is 10.6. The largest absolute Gasteiger partial charge is 0.368 e. The van der Waals surface area contributed by atoms with Crippen LogP contribution in [0.2, 0.25) is 0 Å². The van der Waals surface area contributed by atoms with Crippen LogP contribution in [-0.2, 0) is 11.3 Å². The Kier molecular flexibility index (Phi) is 4.09. The molecule has 1 aliphatic rings. The van der Waals surface area contributed by atoms with Crippen molar-refractivity contribution >= 4 is 11.9 Å². The molecule has 0 atom stereocenters. The Morgan fingerprint density at radius 3 is 2.89 bits per heavy atom. The van der Waals surface area contributed by atoms with Crippen LogP contribution in [0, 0.1) is 0 Å². The number of carbonyl (C=O) groups is 1. The van der Waals surface area contributed by atoms with E-state index < -0.39 is 0 Å².